The number of hydrazine groups is 1. The van der Waals surface area contributed by atoms with Gasteiger partial charge in [-0.2, -0.15) is 0 Å². The van der Waals surface area contributed by atoms with Crippen LogP contribution in [-0.2, 0) is 4.79 Å². The zero-order valence-corrected chi connectivity index (χ0v) is 18.1. The van der Waals surface area contributed by atoms with Crippen LogP contribution in [0.3, 0.4) is 0 Å². The SMILES string of the molecule is CC(Oc1cccc2ccccc12)C(=O)NN1C(=O)c2ccccc2NC1c1ccccc1. The summed E-state index contributed by atoms with van der Waals surface area (Å²) in [6.45, 7) is 1.67. The summed E-state index contributed by atoms with van der Waals surface area (Å²) in [5.41, 5.74) is 4.85. The maximum atomic E-state index is 13.3. The normalized spacial score (nSPS) is 16.0. The van der Waals surface area contributed by atoms with Crippen LogP contribution < -0.4 is 15.5 Å². The zero-order valence-electron chi connectivity index (χ0n) is 18.1. The Hall–Kier alpha value is -4.32. The molecule has 1 aliphatic rings. The fourth-order valence-corrected chi connectivity index (χ4v) is 3.99. The van der Waals surface area contributed by atoms with Gasteiger partial charge in [0.25, 0.3) is 11.8 Å². The first kappa shape index (κ1) is 20.6. The molecule has 2 atom stereocenters. The summed E-state index contributed by atoms with van der Waals surface area (Å²) in [6.07, 6.45) is -1.38. The lowest BCUT2D eigenvalue weighted by atomic mass is 10.1. The average molecular weight is 437 g/mol. The Morgan fingerprint density at radius 2 is 1.61 bits per heavy atom. The first-order valence-electron chi connectivity index (χ1n) is 10.8. The van der Waals surface area contributed by atoms with Gasteiger partial charge >= 0.3 is 0 Å². The number of carbonyl (C=O) groups is 2. The van der Waals surface area contributed by atoms with Gasteiger partial charge in [-0.3, -0.25) is 15.0 Å². The van der Waals surface area contributed by atoms with Gasteiger partial charge in [0, 0.05) is 11.1 Å². The van der Waals surface area contributed by atoms with E-state index in [1.165, 1.54) is 5.01 Å². The summed E-state index contributed by atoms with van der Waals surface area (Å²) < 4.78 is 6.01. The molecule has 4 aromatic carbocycles. The number of anilines is 1. The van der Waals surface area contributed by atoms with E-state index in [1.807, 2.05) is 84.9 Å². The Labute approximate surface area is 191 Å². The highest BCUT2D eigenvalue weighted by Gasteiger charge is 2.35. The molecule has 1 aliphatic heterocycles. The van der Waals surface area contributed by atoms with Gasteiger partial charge < -0.3 is 10.1 Å². The number of nitrogens with zero attached hydrogens (tertiary/aromatic N) is 1. The molecule has 2 N–H and O–H groups in total. The lowest BCUT2D eigenvalue weighted by Crippen LogP contribution is -2.55. The number of rotatable bonds is 5. The largest absolute Gasteiger partial charge is 0.480 e. The van der Waals surface area contributed by atoms with E-state index in [9.17, 15) is 9.59 Å². The van der Waals surface area contributed by atoms with E-state index in [1.54, 1.807) is 19.1 Å². The lowest BCUT2D eigenvalue weighted by Gasteiger charge is -2.38. The minimum absolute atomic E-state index is 0.288. The molecular formula is C27H23N3O3. The number of carbonyl (C=O) groups excluding carboxylic acids is 2. The third-order valence-corrected chi connectivity index (χ3v) is 5.70. The van der Waals surface area contributed by atoms with Crippen molar-refractivity contribution < 1.29 is 14.3 Å². The number of benzene rings is 4. The molecular weight excluding hydrogens is 414 g/mol. The van der Waals surface area contributed by atoms with Gasteiger partial charge in [-0.25, -0.2) is 5.01 Å². The Morgan fingerprint density at radius 1 is 0.909 bits per heavy atom. The van der Waals surface area contributed by atoms with Crippen molar-refractivity contribution in [2.45, 2.75) is 19.2 Å². The van der Waals surface area contributed by atoms with E-state index in [-0.39, 0.29) is 5.91 Å². The minimum atomic E-state index is -0.822. The van der Waals surface area contributed by atoms with Crippen molar-refractivity contribution in [2.75, 3.05) is 5.32 Å². The van der Waals surface area contributed by atoms with Crippen LogP contribution in [0.4, 0.5) is 5.69 Å². The number of para-hydroxylation sites is 1. The quantitative estimate of drug-likeness (QED) is 0.466. The minimum Gasteiger partial charge on any atom is -0.480 e. The first-order chi connectivity index (χ1) is 16.1. The molecule has 4 aromatic rings. The highest BCUT2D eigenvalue weighted by molar-refractivity contribution is 6.02. The Kier molecular flexibility index (Phi) is 5.40. The monoisotopic (exact) mass is 437 g/mol. The van der Waals surface area contributed by atoms with E-state index in [0.717, 1.165) is 22.0 Å². The molecule has 0 fully saturated rings. The van der Waals surface area contributed by atoms with Gasteiger partial charge in [-0.15, -0.1) is 0 Å². The predicted molar refractivity (Wildman–Crippen MR) is 128 cm³/mol. The van der Waals surface area contributed by atoms with E-state index in [0.29, 0.717) is 11.3 Å². The molecule has 6 heteroatoms. The van der Waals surface area contributed by atoms with Crippen LogP contribution in [0.2, 0.25) is 0 Å². The second-order valence-electron chi connectivity index (χ2n) is 7.89. The number of amides is 2. The molecule has 2 unspecified atom stereocenters. The van der Waals surface area contributed by atoms with Gasteiger partial charge in [0.2, 0.25) is 0 Å². The summed E-state index contributed by atoms with van der Waals surface area (Å²) in [4.78, 5) is 26.5. The summed E-state index contributed by atoms with van der Waals surface area (Å²) in [5, 5.41) is 6.65. The molecule has 0 aromatic heterocycles. The van der Waals surface area contributed by atoms with E-state index in [2.05, 4.69) is 10.7 Å². The van der Waals surface area contributed by atoms with E-state index >= 15 is 0 Å². The molecule has 0 aliphatic carbocycles. The third kappa shape index (κ3) is 3.99. The average Bonchev–Trinajstić information content (AvgIpc) is 2.86. The number of fused-ring (bicyclic) bond motifs is 2. The number of hydrogen-bond donors (Lipinski definition) is 2. The summed E-state index contributed by atoms with van der Waals surface area (Å²) in [6, 6.07) is 30.3. The van der Waals surface area contributed by atoms with Crippen molar-refractivity contribution in [3.05, 3.63) is 108 Å². The molecule has 2 amide bonds. The van der Waals surface area contributed by atoms with Crippen LogP contribution in [-0.4, -0.2) is 22.9 Å². The van der Waals surface area contributed by atoms with Crippen molar-refractivity contribution in [1.82, 2.24) is 10.4 Å². The molecule has 0 bridgehead atoms. The van der Waals surface area contributed by atoms with Crippen LogP contribution in [0.5, 0.6) is 5.75 Å². The molecule has 0 radical (unpaired) electrons. The van der Waals surface area contributed by atoms with Crippen LogP contribution in [0.1, 0.15) is 29.0 Å². The molecule has 0 saturated carbocycles. The fraction of sp³-hybridized carbons (Fsp3) is 0.111. The maximum Gasteiger partial charge on any atom is 0.279 e. The van der Waals surface area contributed by atoms with Crippen molar-refractivity contribution in [3.8, 4) is 5.75 Å². The molecule has 164 valence electrons. The Balaban J connectivity index is 1.41. The highest BCUT2D eigenvalue weighted by atomic mass is 16.5. The summed E-state index contributed by atoms with van der Waals surface area (Å²) >= 11 is 0. The van der Waals surface area contributed by atoms with Gasteiger partial charge in [0.05, 0.1) is 5.56 Å². The van der Waals surface area contributed by atoms with Crippen LogP contribution >= 0.6 is 0 Å². The smallest absolute Gasteiger partial charge is 0.279 e. The van der Waals surface area contributed by atoms with Crippen molar-refractivity contribution in [2.24, 2.45) is 0 Å². The first-order valence-corrected chi connectivity index (χ1v) is 10.8. The summed E-state index contributed by atoms with van der Waals surface area (Å²) in [5.74, 6) is -0.0916. The number of nitrogens with one attached hydrogen (secondary N) is 2. The Morgan fingerprint density at radius 3 is 2.45 bits per heavy atom. The molecule has 33 heavy (non-hydrogen) atoms. The van der Waals surface area contributed by atoms with Crippen LogP contribution in [0.25, 0.3) is 10.8 Å². The van der Waals surface area contributed by atoms with Gasteiger partial charge in [0.15, 0.2) is 6.10 Å². The summed E-state index contributed by atoms with van der Waals surface area (Å²) in [7, 11) is 0. The van der Waals surface area contributed by atoms with Gasteiger partial charge in [-0.05, 0) is 36.1 Å². The van der Waals surface area contributed by atoms with E-state index < -0.39 is 18.2 Å². The van der Waals surface area contributed by atoms with Gasteiger partial charge in [0.1, 0.15) is 11.9 Å². The number of ether oxygens (including phenoxy) is 1. The molecule has 0 spiro atoms. The standard InChI is InChI=1S/C27H23N3O3/c1-18(33-24-17-9-13-19-10-5-6-14-21(19)24)26(31)29-30-25(20-11-3-2-4-12-20)28-23-16-8-7-15-22(23)27(30)32/h2-18,25,28H,1H3,(H,29,31). The fourth-order valence-electron chi connectivity index (χ4n) is 3.99. The van der Waals surface area contributed by atoms with Crippen LogP contribution in [0.15, 0.2) is 97.1 Å². The topological polar surface area (TPSA) is 70.7 Å². The predicted octanol–water partition coefficient (Wildman–Crippen LogP) is 4.91. The maximum absolute atomic E-state index is 13.3. The lowest BCUT2D eigenvalue weighted by molar-refractivity contribution is -0.132. The second-order valence-corrected chi connectivity index (χ2v) is 7.89. The molecule has 0 saturated heterocycles. The van der Waals surface area contributed by atoms with Gasteiger partial charge in [-0.1, -0.05) is 78.9 Å². The Bertz CT molecular complexity index is 1320. The third-order valence-electron chi connectivity index (χ3n) is 5.70. The number of hydrogen-bond acceptors (Lipinski definition) is 4. The van der Waals surface area contributed by atoms with E-state index in [4.69, 9.17) is 4.74 Å². The molecule has 5 rings (SSSR count). The van der Waals surface area contributed by atoms with Crippen molar-refractivity contribution in [3.63, 3.8) is 0 Å². The molecule has 1 heterocycles. The molecule has 6 nitrogen and oxygen atoms in total. The second kappa shape index (κ2) is 8.67. The highest BCUT2D eigenvalue weighted by Crippen LogP contribution is 2.32. The zero-order chi connectivity index (χ0) is 22.8. The van der Waals surface area contributed by atoms with Crippen molar-refractivity contribution in [1.29, 1.82) is 0 Å². The van der Waals surface area contributed by atoms with Crippen LogP contribution in [0, 0.1) is 0 Å². The van der Waals surface area contributed by atoms with Crippen molar-refractivity contribution >= 4 is 28.3 Å².